The highest BCUT2D eigenvalue weighted by Gasteiger charge is 2.32. The van der Waals surface area contributed by atoms with E-state index in [0.717, 1.165) is 12.8 Å². The number of rotatable bonds is 8. The summed E-state index contributed by atoms with van der Waals surface area (Å²) in [5.74, 6) is -0.905. The summed E-state index contributed by atoms with van der Waals surface area (Å²) in [6.45, 7) is 0.362. The molecule has 1 aliphatic carbocycles. The fourth-order valence-corrected chi connectivity index (χ4v) is 2.40. The largest absolute Gasteiger partial charge is 0.482 e. The van der Waals surface area contributed by atoms with Gasteiger partial charge in [0.05, 0.1) is 12.5 Å². The van der Waals surface area contributed by atoms with Crippen LogP contribution in [0.1, 0.15) is 37.7 Å². The Hall–Kier alpha value is -2.12. The lowest BCUT2D eigenvalue weighted by Crippen LogP contribution is -2.20. The van der Waals surface area contributed by atoms with Gasteiger partial charge in [0.2, 0.25) is 0 Å². The maximum absolute atomic E-state index is 12.3. The summed E-state index contributed by atoms with van der Waals surface area (Å²) in [6.07, 6.45) is -1.95. The number of esters is 1. The molecule has 1 saturated carbocycles. The van der Waals surface area contributed by atoms with Crippen molar-refractivity contribution in [3.63, 3.8) is 0 Å². The molecule has 0 aromatic heterocycles. The number of carbonyl (C=O) groups excluding carboxylic acids is 1. The van der Waals surface area contributed by atoms with Crippen LogP contribution >= 0.6 is 0 Å². The molecule has 0 N–H and O–H groups in total. The first-order valence-electron chi connectivity index (χ1n) is 7.67. The Bertz CT molecular complexity index is 599. The number of alkyl halides is 3. The number of carbonyl (C=O) groups is 1. The summed E-state index contributed by atoms with van der Waals surface area (Å²) in [6, 6.07) is 4.03. The van der Waals surface area contributed by atoms with Gasteiger partial charge in [-0.15, -0.1) is 4.91 Å². The Morgan fingerprint density at radius 1 is 1.38 bits per heavy atom. The van der Waals surface area contributed by atoms with Crippen LogP contribution in [0.2, 0.25) is 0 Å². The molecule has 1 aromatic rings. The number of hydrogen-bond donors (Lipinski definition) is 0. The van der Waals surface area contributed by atoms with Crippen molar-refractivity contribution in [2.45, 2.75) is 38.3 Å². The third-order valence-electron chi connectivity index (χ3n) is 3.71. The molecular weight excluding hydrogens is 327 g/mol. The van der Waals surface area contributed by atoms with Crippen LogP contribution in [0, 0.1) is 10.8 Å². The van der Waals surface area contributed by atoms with Gasteiger partial charge in [0.25, 0.3) is 0 Å². The number of ether oxygens (including phenoxy) is 2. The van der Waals surface area contributed by atoms with Crippen LogP contribution in [0.25, 0.3) is 0 Å². The maximum atomic E-state index is 12.3. The van der Waals surface area contributed by atoms with Crippen molar-refractivity contribution in [1.82, 2.24) is 0 Å². The molecule has 0 amide bonds. The molecule has 1 fully saturated rings. The molecule has 0 aliphatic heterocycles. The van der Waals surface area contributed by atoms with E-state index in [1.165, 1.54) is 18.2 Å². The van der Waals surface area contributed by atoms with E-state index in [1.807, 2.05) is 0 Å². The quantitative estimate of drug-likeness (QED) is 0.515. The van der Waals surface area contributed by atoms with Crippen LogP contribution in [0.4, 0.5) is 18.9 Å². The number of halogens is 3. The molecule has 0 radical (unpaired) electrons. The lowest BCUT2D eigenvalue weighted by atomic mass is 9.93. The van der Waals surface area contributed by atoms with E-state index in [2.05, 4.69) is 9.91 Å². The van der Waals surface area contributed by atoms with Gasteiger partial charge in [-0.05, 0) is 42.1 Å². The lowest BCUT2D eigenvalue weighted by Gasteiger charge is -2.17. The van der Waals surface area contributed by atoms with Gasteiger partial charge in [-0.2, -0.15) is 13.2 Å². The van der Waals surface area contributed by atoms with Crippen LogP contribution < -0.4 is 4.74 Å². The summed E-state index contributed by atoms with van der Waals surface area (Å²) < 4.78 is 46.7. The van der Waals surface area contributed by atoms with Gasteiger partial charge >= 0.3 is 12.1 Å². The second-order valence-electron chi connectivity index (χ2n) is 5.71. The molecule has 0 spiro atoms. The Kier molecular flexibility index (Phi) is 5.80. The Labute approximate surface area is 137 Å². The fraction of sp³-hybridized carbons (Fsp3) is 0.562. The van der Waals surface area contributed by atoms with E-state index in [9.17, 15) is 22.9 Å². The molecule has 1 aliphatic rings. The third kappa shape index (κ3) is 5.21. The first-order chi connectivity index (χ1) is 11.3. The first-order valence-corrected chi connectivity index (χ1v) is 7.67. The highest BCUT2D eigenvalue weighted by atomic mass is 19.4. The maximum Gasteiger partial charge on any atom is 0.422 e. The zero-order valence-corrected chi connectivity index (χ0v) is 13.1. The predicted molar refractivity (Wildman–Crippen MR) is 80.2 cm³/mol. The molecule has 0 heterocycles. The van der Waals surface area contributed by atoms with Gasteiger partial charge in [-0.3, -0.25) is 4.79 Å². The van der Waals surface area contributed by atoms with Gasteiger partial charge < -0.3 is 9.47 Å². The van der Waals surface area contributed by atoms with E-state index in [4.69, 9.17) is 4.74 Å². The number of benzene rings is 1. The van der Waals surface area contributed by atoms with Gasteiger partial charge in [-0.1, -0.05) is 18.9 Å². The summed E-state index contributed by atoms with van der Waals surface area (Å²) >= 11 is 0. The van der Waals surface area contributed by atoms with E-state index in [-0.39, 0.29) is 18.0 Å². The van der Waals surface area contributed by atoms with Crippen LogP contribution in [-0.4, -0.2) is 25.4 Å². The predicted octanol–water partition coefficient (Wildman–Crippen LogP) is 4.47. The zero-order chi connectivity index (χ0) is 17.7. The SMILES string of the molecule is CCOC(=O)C(CC1CC1)c1ccc(N=O)c(OCC(F)(F)F)c1. The average molecular weight is 345 g/mol. The van der Waals surface area contributed by atoms with Crippen molar-refractivity contribution in [2.75, 3.05) is 13.2 Å². The van der Waals surface area contributed by atoms with Gasteiger partial charge in [0.1, 0.15) is 11.4 Å². The normalized spacial score (nSPS) is 15.7. The number of hydrogen-bond acceptors (Lipinski definition) is 5. The van der Waals surface area contributed by atoms with Crippen molar-refractivity contribution in [2.24, 2.45) is 11.1 Å². The topological polar surface area (TPSA) is 65.0 Å². The molecular formula is C16H18F3NO4. The summed E-state index contributed by atoms with van der Waals surface area (Å²) in [5, 5.41) is 2.67. The molecule has 132 valence electrons. The highest BCUT2D eigenvalue weighted by Crippen LogP contribution is 2.41. The average Bonchev–Trinajstić information content (AvgIpc) is 3.34. The molecule has 8 heteroatoms. The summed E-state index contributed by atoms with van der Waals surface area (Å²) in [5.41, 5.74) is 0.224. The molecule has 24 heavy (non-hydrogen) atoms. The van der Waals surface area contributed by atoms with Gasteiger partial charge in [0.15, 0.2) is 6.61 Å². The minimum absolute atomic E-state index is 0.214. The molecule has 0 saturated heterocycles. The van der Waals surface area contributed by atoms with Crippen molar-refractivity contribution in [3.8, 4) is 5.75 Å². The van der Waals surface area contributed by atoms with Crippen LogP contribution in [0.15, 0.2) is 23.4 Å². The second kappa shape index (κ2) is 7.63. The van der Waals surface area contributed by atoms with E-state index >= 15 is 0 Å². The lowest BCUT2D eigenvalue weighted by molar-refractivity contribution is -0.153. The van der Waals surface area contributed by atoms with Crippen LogP contribution in [-0.2, 0) is 9.53 Å². The smallest absolute Gasteiger partial charge is 0.422 e. The van der Waals surface area contributed by atoms with Crippen molar-refractivity contribution >= 4 is 11.7 Å². The number of nitroso groups, excluding NO2 is 1. The van der Waals surface area contributed by atoms with Crippen molar-refractivity contribution < 1.29 is 27.4 Å². The van der Waals surface area contributed by atoms with Gasteiger partial charge in [0, 0.05) is 0 Å². The Balaban J connectivity index is 2.25. The Morgan fingerprint density at radius 2 is 2.08 bits per heavy atom. The highest BCUT2D eigenvalue weighted by molar-refractivity contribution is 5.78. The molecule has 5 nitrogen and oxygen atoms in total. The minimum Gasteiger partial charge on any atom is -0.482 e. The van der Waals surface area contributed by atoms with Crippen LogP contribution in [0.3, 0.4) is 0 Å². The van der Waals surface area contributed by atoms with E-state index in [0.29, 0.717) is 17.9 Å². The standard InChI is InChI=1S/C16H18F3NO4/c1-2-23-15(21)12(7-10-3-4-10)11-5-6-13(20-22)14(8-11)24-9-16(17,18)19/h5-6,8,10,12H,2-4,7,9H2,1H3. The van der Waals surface area contributed by atoms with Crippen molar-refractivity contribution in [3.05, 3.63) is 28.7 Å². The van der Waals surface area contributed by atoms with Crippen LogP contribution in [0.5, 0.6) is 5.75 Å². The van der Waals surface area contributed by atoms with E-state index in [1.54, 1.807) is 6.92 Å². The second-order valence-corrected chi connectivity index (χ2v) is 5.71. The molecule has 2 rings (SSSR count). The first kappa shape index (κ1) is 18.2. The monoisotopic (exact) mass is 345 g/mol. The van der Waals surface area contributed by atoms with E-state index < -0.39 is 24.7 Å². The molecule has 1 unspecified atom stereocenters. The van der Waals surface area contributed by atoms with Gasteiger partial charge in [-0.25, -0.2) is 0 Å². The molecule has 1 atom stereocenters. The number of nitrogens with zero attached hydrogens (tertiary/aromatic N) is 1. The zero-order valence-electron chi connectivity index (χ0n) is 13.1. The summed E-state index contributed by atoms with van der Waals surface area (Å²) in [4.78, 5) is 22.9. The Morgan fingerprint density at radius 3 is 2.62 bits per heavy atom. The summed E-state index contributed by atoms with van der Waals surface area (Å²) in [7, 11) is 0. The van der Waals surface area contributed by atoms with Crippen molar-refractivity contribution in [1.29, 1.82) is 0 Å². The fourth-order valence-electron chi connectivity index (χ4n) is 2.40. The molecule has 1 aromatic carbocycles. The molecule has 0 bridgehead atoms. The third-order valence-corrected chi connectivity index (χ3v) is 3.71. The minimum atomic E-state index is -4.54.